The summed E-state index contributed by atoms with van der Waals surface area (Å²) in [7, 11) is 0. The lowest BCUT2D eigenvalue weighted by Gasteiger charge is -2.17. The zero-order valence-electron chi connectivity index (χ0n) is 12.6. The molecule has 1 amide bonds. The van der Waals surface area contributed by atoms with E-state index < -0.39 is 18.1 Å². The predicted molar refractivity (Wildman–Crippen MR) is 82.2 cm³/mol. The molecule has 23 heavy (non-hydrogen) atoms. The Morgan fingerprint density at radius 3 is 2.70 bits per heavy atom. The van der Waals surface area contributed by atoms with Gasteiger partial charge < -0.3 is 10.1 Å². The van der Waals surface area contributed by atoms with E-state index in [4.69, 9.17) is 4.74 Å². The first-order chi connectivity index (χ1) is 11.1. The van der Waals surface area contributed by atoms with Gasteiger partial charge in [-0.3, -0.25) is 4.79 Å². The van der Waals surface area contributed by atoms with Gasteiger partial charge in [0.05, 0.1) is 18.0 Å². The highest BCUT2D eigenvalue weighted by atomic mass is 19.1. The molecule has 1 aliphatic rings. The fourth-order valence-corrected chi connectivity index (χ4v) is 2.74. The van der Waals surface area contributed by atoms with Crippen molar-refractivity contribution in [3.63, 3.8) is 0 Å². The fourth-order valence-electron chi connectivity index (χ4n) is 2.74. The Labute approximate surface area is 133 Å². The smallest absolute Gasteiger partial charge is 0.339 e. The average molecular weight is 313 g/mol. The molecular weight excluding hydrogens is 297 g/mol. The highest BCUT2D eigenvalue weighted by molar-refractivity contribution is 5.94. The minimum Gasteiger partial charge on any atom is -0.453 e. The molecule has 0 fully saturated rings. The summed E-state index contributed by atoms with van der Waals surface area (Å²) >= 11 is 0. The SMILES string of the molecule is C[C@H](NC(=O)C[C@H]1OC(=O)c2ccccc21)c1ccccc1F. The average Bonchev–Trinajstić information content (AvgIpc) is 2.84. The van der Waals surface area contributed by atoms with Crippen LogP contribution in [0, 0.1) is 5.82 Å². The largest absolute Gasteiger partial charge is 0.453 e. The van der Waals surface area contributed by atoms with E-state index in [1.807, 2.05) is 0 Å². The van der Waals surface area contributed by atoms with Crippen molar-refractivity contribution in [3.05, 3.63) is 71.0 Å². The molecule has 118 valence electrons. The van der Waals surface area contributed by atoms with Crippen LogP contribution in [0.15, 0.2) is 48.5 Å². The quantitative estimate of drug-likeness (QED) is 0.881. The van der Waals surface area contributed by atoms with Crippen molar-refractivity contribution in [2.45, 2.75) is 25.5 Å². The van der Waals surface area contributed by atoms with Gasteiger partial charge in [-0.05, 0) is 19.1 Å². The van der Waals surface area contributed by atoms with Gasteiger partial charge in [-0.15, -0.1) is 0 Å². The van der Waals surface area contributed by atoms with Crippen molar-refractivity contribution < 1.29 is 18.7 Å². The van der Waals surface area contributed by atoms with Gasteiger partial charge in [0.25, 0.3) is 0 Å². The van der Waals surface area contributed by atoms with Crippen LogP contribution >= 0.6 is 0 Å². The summed E-state index contributed by atoms with van der Waals surface area (Å²) in [5.41, 5.74) is 1.63. The second-order valence-corrected chi connectivity index (χ2v) is 5.50. The maximum absolute atomic E-state index is 13.7. The van der Waals surface area contributed by atoms with Crippen molar-refractivity contribution in [1.29, 1.82) is 0 Å². The monoisotopic (exact) mass is 313 g/mol. The number of ether oxygens (including phenoxy) is 1. The van der Waals surface area contributed by atoms with E-state index >= 15 is 0 Å². The molecular formula is C18H16FNO3. The zero-order chi connectivity index (χ0) is 16.4. The summed E-state index contributed by atoms with van der Waals surface area (Å²) < 4.78 is 19.0. The Hall–Kier alpha value is -2.69. The summed E-state index contributed by atoms with van der Waals surface area (Å²) in [6.07, 6.45) is -0.576. The van der Waals surface area contributed by atoms with E-state index in [0.717, 1.165) is 0 Å². The molecule has 0 spiro atoms. The highest BCUT2D eigenvalue weighted by Gasteiger charge is 2.32. The Morgan fingerprint density at radius 1 is 1.22 bits per heavy atom. The van der Waals surface area contributed by atoms with Crippen LogP contribution in [-0.2, 0) is 9.53 Å². The van der Waals surface area contributed by atoms with Crippen LogP contribution in [0.5, 0.6) is 0 Å². The van der Waals surface area contributed by atoms with E-state index in [0.29, 0.717) is 16.7 Å². The number of fused-ring (bicyclic) bond motifs is 1. The van der Waals surface area contributed by atoms with Crippen molar-refractivity contribution in [2.24, 2.45) is 0 Å². The summed E-state index contributed by atoms with van der Waals surface area (Å²) in [4.78, 5) is 23.9. The normalized spacial score (nSPS) is 17.3. The predicted octanol–water partition coefficient (Wildman–Crippen LogP) is 3.30. The number of hydrogen-bond acceptors (Lipinski definition) is 3. The number of amides is 1. The van der Waals surface area contributed by atoms with Crippen molar-refractivity contribution >= 4 is 11.9 Å². The third-order valence-electron chi connectivity index (χ3n) is 3.90. The molecule has 0 radical (unpaired) electrons. The van der Waals surface area contributed by atoms with Crippen LogP contribution in [0.2, 0.25) is 0 Å². The van der Waals surface area contributed by atoms with Crippen LogP contribution in [0.25, 0.3) is 0 Å². The number of benzene rings is 2. The van der Waals surface area contributed by atoms with Gasteiger partial charge in [0.2, 0.25) is 5.91 Å². The van der Waals surface area contributed by atoms with Crippen molar-refractivity contribution in [1.82, 2.24) is 5.32 Å². The molecule has 1 heterocycles. The van der Waals surface area contributed by atoms with Crippen LogP contribution in [0.3, 0.4) is 0 Å². The summed E-state index contributed by atoms with van der Waals surface area (Å²) in [5.74, 6) is -1.08. The first kappa shape index (κ1) is 15.2. The Bertz CT molecular complexity index is 759. The molecule has 1 aliphatic heterocycles. The Kier molecular flexibility index (Phi) is 4.10. The number of carbonyl (C=O) groups excluding carboxylic acids is 2. The third kappa shape index (κ3) is 3.08. The molecule has 3 rings (SSSR count). The van der Waals surface area contributed by atoms with E-state index in [1.165, 1.54) is 6.07 Å². The molecule has 2 aromatic carbocycles. The zero-order valence-corrected chi connectivity index (χ0v) is 12.6. The van der Waals surface area contributed by atoms with E-state index in [9.17, 15) is 14.0 Å². The van der Waals surface area contributed by atoms with Crippen LogP contribution in [-0.4, -0.2) is 11.9 Å². The van der Waals surface area contributed by atoms with Crippen molar-refractivity contribution in [3.8, 4) is 0 Å². The van der Waals surface area contributed by atoms with Crippen LogP contribution in [0.4, 0.5) is 4.39 Å². The van der Waals surface area contributed by atoms with Gasteiger partial charge in [0.15, 0.2) is 0 Å². The van der Waals surface area contributed by atoms with Gasteiger partial charge in [0, 0.05) is 11.1 Å². The van der Waals surface area contributed by atoms with E-state index in [-0.39, 0.29) is 18.1 Å². The summed E-state index contributed by atoms with van der Waals surface area (Å²) in [6, 6.07) is 12.8. The standard InChI is InChI=1S/C18H16FNO3/c1-11(12-6-4-5-9-15(12)19)20-17(21)10-16-13-7-2-3-8-14(13)18(22)23-16/h2-9,11,16H,10H2,1H3,(H,20,21)/t11-,16+/m0/s1. The van der Waals surface area contributed by atoms with E-state index in [1.54, 1.807) is 49.4 Å². The number of nitrogens with one attached hydrogen (secondary N) is 1. The van der Waals surface area contributed by atoms with Crippen molar-refractivity contribution in [2.75, 3.05) is 0 Å². The highest BCUT2D eigenvalue weighted by Crippen LogP contribution is 2.32. The van der Waals surface area contributed by atoms with Crippen LogP contribution in [0.1, 0.15) is 47.0 Å². The number of carbonyl (C=O) groups is 2. The first-order valence-corrected chi connectivity index (χ1v) is 7.40. The lowest BCUT2D eigenvalue weighted by Crippen LogP contribution is -2.28. The minimum absolute atomic E-state index is 0.0154. The molecule has 0 aliphatic carbocycles. The lowest BCUT2D eigenvalue weighted by atomic mass is 10.0. The van der Waals surface area contributed by atoms with Gasteiger partial charge in [-0.1, -0.05) is 36.4 Å². The molecule has 5 heteroatoms. The maximum atomic E-state index is 13.7. The molecule has 0 saturated heterocycles. The number of rotatable bonds is 4. The Morgan fingerprint density at radius 2 is 1.91 bits per heavy atom. The summed E-state index contributed by atoms with van der Waals surface area (Å²) in [5, 5.41) is 2.74. The molecule has 1 N–H and O–H groups in total. The summed E-state index contributed by atoms with van der Waals surface area (Å²) in [6.45, 7) is 1.71. The molecule has 2 atom stereocenters. The third-order valence-corrected chi connectivity index (χ3v) is 3.90. The van der Waals surface area contributed by atoms with Gasteiger partial charge >= 0.3 is 5.97 Å². The van der Waals surface area contributed by atoms with E-state index in [2.05, 4.69) is 5.32 Å². The molecule has 0 saturated carbocycles. The molecule has 0 bridgehead atoms. The second kappa shape index (κ2) is 6.20. The fraction of sp³-hybridized carbons (Fsp3) is 0.222. The number of esters is 1. The molecule has 0 aromatic heterocycles. The molecule has 4 nitrogen and oxygen atoms in total. The minimum atomic E-state index is -0.591. The first-order valence-electron chi connectivity index (χ1n) is 7.40. The molecule has 0 unspecified atom stereocenters. The second-order valence-electron chi connectivity index (χ2n) is 5.50. The topological polar surface area (TPSA) is 55.4 Å². The number of cyclic esters (lactones) is 1. The van der Waals surface area contributed by atoms with Gasteiger partial charge in [-0.2, -0.15) is 0 Å². The maximum Gasteiger partial charge on any atom is 0.339 e. The lowest BCUT2D eigenvalue weighted by molar-refractivity contribution is -0.123. The molecule has 2 aromatic rings. The van der Waals surface area contributed by atoms with Gasteiger partial charge in [-0.25, -0.2) is 9.18 Å². The Balaban J connectivity index is 1.67. The van der Waals surface area contributed by atoms with Gasteiger partial charge in [0.1, 0.15) is 11.9 Å². The van der Waals surface area contributed by atoms with Crippen LogP contribution < -0.4 is 5.32 Å². The number of halogens is 1. The number of hydrogen-bond donors (Lipinski definition) is 1.